The first-order valence-corrected chi connectivity index (χ1v) is 7.98. The molecule has 0 saturated carbocycles. The number of aliphatic hydroxyl groups excluding tert-OH is 1. The van der Waals surface area contributed by atoms with Crippen molar-refractivity contribution >= 4 is 0 Å². The van der Waals surface area contributed by atoms with Crippen molar-refractivity contribution < 1.29 is 9.84 Å². The molecule has 0 aliphatic rings. The van der Waals surface area contributed by atoms with Crippen molar-refractivity contribution in [2.45, 2.75) is 59.4 Å². The Balaban J connectivity index is 2.47. The van der Waals surface area contributed by atoms with Gasteiger partial charge < -0.3 is 15.2 Å². The largest absolute Gasteiger partial charge is 0.493 e. The Morgan fingerprint density at radius 1 is 1.24 bits per heavy atom. The van der Waals surface area contributed by atoms with Gasteiger partial charge in [0.25, 0.3) is 0 Å². The van der Waals surface area contributed by atoms with Gasteiger partial charge in [0.05, 0.1) is 13.2 Å². The highest BCUT2D eigenvalue weighted by molar-refractivity contribution is 5.41. The summed E-state index contributed by atoms with van der Waals surface area (Å²) in [6.07, 6.45) is 2.92. The van der Waals surface area contributed by atoms with Crippen LogP contribution < -0.4 is 10.1 Å². The SMILES string of the molecule is CCCNC(C)(CO)CCCOc1cc(C)cc(C)c1C. The standard InChI is InChI=1S/C18H31NO2/c1-6-9-19-18(5,13-20)8-7-10-21-17-12-14(2)11-15(3)16(17)4/h11-12,19-20H,6-10,13H2,1-5H3. The number of nitrogens with one attached hydrogen (secondary N) is 1. The Labute approximate surface area is 129 Å². The molecule has 0 radical (unpaired) electrons. The molecule has 1 unspecified atom stereocenters. The molecule has 0 bridgehead atoms. The maximum Gasteiger partial charge on any atom is 0.122 e. The summed E-state index contributed by atoms with van der Waals surface area (Å²) < 4.78 is 5.93. The molecule has 0 saturated heterocycles. The zero-order valence-electron chi connectivity index (χ0n) is 14.3. The van der Waals surface area contributed by atoms with Gasteiger partial charge in [-0.3, -0.25) is 0 Å². The van der Waals surface area contributed by atoms with Gasteiger partial charge in [-0.25, -0.2) is 0 Å². The van der Waals surface area contributed by atoms with Crippen molar-refractivity contribution in [2.75, 3.05) is 19.8 Å². The van der Waals surface area contributed by atoms with E-state index in [0.29, 0.717) is 6.61 Å². The zero-order chi connectivity index (χ0) is 15.9. The Morgan fingerprint density at radius 2 is 1.95 bits per heavy atom. The number of hydrogen-bond donors (Lipinski definition) is 2. The predicted octanol–water partition coefficient (Wildman–Crippen LogP) is 3.52. The number of aliphatic hydroxyl groups is 1. The van der Waals surface area contributed by atoms with E-state index < -0.39 is 0 Å². The topological polar surface area (TPSA) is 41.5 Å². The number of aryl methyl sites for hydroxylation is 2. The molecular formula is C18H31NO2. The average Bonchev–Trinajstić information content (AvgIpc) is 2.46. The van der Waals surface area contributed by atoms with Gasteiger partial charge in [0.1, 0.15) is 5.75 Å². The number of rotatable bonds is 9. The lowest BCUT2D eigenvalue weighted by atomic mass is 9.97. The first-order chi connectivity index (χ1) is 9.91. The summed E-state index contributed by atoms with van der Waals surface area (Å²) in [5.41, 5.74) is 3.53. The van der Waals surface area contributed by atoms with Gasteiger partial charge in [-0.1, -0.05) is 13.0 Å². The highest BCUT2D eigenvalue weighted by Gasteiger charge is 2.21. The molecule has 120 valence electrons. The van der Waals surface area contributed by atoms with Crippen LogP contribution in [0.5, 0.6) is 5.75 Å². The van der Waals surface area contributed by atoms with Gasteiger partial charge >= 0.3 is 0 Å². The third-order valence-corrected chi connectivity index (χ3v) is 4.05. The van der Waals surface area contributed by atoms with E-state index in [1.807, 2.05) is 0 Å². The first kappa shape index (κ1) is 18.0. The predicted molar refractivity (Wildman–Crippen MR) is 89.2 cm³/mol. The van der Waals surface area contributed by atoms with Crippen LogP contribution in [0.3, 0.4) is 0 Å². The maximum atomic E-state index is 9.54. The molecule has 1 aromatic rings. The van der Waals surface area contributed by atoms with E-state index in [1.54, 1.807) is 0 Å². The van der Waals surface area contributed by atoms with Crippen molar-refractivity contribution in [1.29, 1.82) is 0 Å². The van der Waals surface area contributed by atoms with E-state index in [1.165, 1.54) is 16.7 Å². The van der Waals surface area contributed by atoms with E-state index in [2.05, 4.69) is 52.1 Å². The molecule has 0 spiro atoms. The van der Waals surface area contributed by atoms with Crippen LogP contribution in [0.2, 0.25) is 0 Å². The van der Waals surface area contributed by atoms with Gasteiger partial charge in [0.2, 0.25) is 0 Å². The second kappa shape index (κ2) is 8.40. The van der Waals surface area contributed by atoms with E-state index in [9.17, 15) is 5.11 Å². The number of benzene rings is 1. The molecule has 0 aliphatic heterocycles. The van der Waals surface area contributed by atoms with Gasteiger partial charge in [-0.05, 0) is 76.3 Å². The van der Waals surface area contributed by atoms with Crippen LogP contribution in [-0.4, -0.2) is 30.4 Å². The molecular weight excluding hydrogens is 262 g/mol. The smallest absolute Gasteiger partial charge is 0.122 e. The van der Waals surface area contributed by atoms with Gasteiger partial charge in [0.15, 0.2) is 0 Å². The molecule has 1 rings (SSSR count). The summed E-state index contributed by atoms with van der Waals surface area (Å²) in [4.78, 5) is 0. The van der Waals surface area contributed by atoms with Gasteiger partial charge in [0, 0.05) is 5.54 Å². The first-order valence-electron chi connectivity index (χ1n) is 7.98. The Hall–Kier alpha value is -1.06. The normalized spacial score (nSPS) is 14.0. The van der Waals surface area contributed by atoms with Crippen LogP contribution in [0.4, 0.5) is 0 Å². The van der Waals surface area contributed by atoms with E-state index in [0.717, 1.165) is 31.6 Å². The van der Waals surface area contributed by atoms with Crippen molar-refractivity contribution in [3.8, 4) is 5.75 Å². The molecule has 0 heterocycles. The maximum absolute atomic E-state index is 9.54. The van der Waals surface area contributed by atoms with Crippen LogP contribution >= 0.6 is 0 Å². The third-order valence-electron chi connectivity index (χ3n) is 4.05. The van der Waals surface area contributed by atoms with Crippen LogP contribution in [0, 0.1) is 20.8 Å². The zero-order valence-corrected chi connectivity index (χ0v) is 14.3. The molecule has 21 heavy (non-hydrogen) atoms. The summed E-state index contributed by atoms with van der Waals surface area (Å²) in [5.74, 6) is 0.986. The summed E-state index contributed by atoms with van der Waals surface area (Å²) in [6, 6.07) is 4.28. The van der Waals surface area contributed by atoms with Gasteiger partial charge in [-0.15, -0.1) is 0 Å². The monoisotopic (exact) mass is 293 g/mol. The van der Waals surface area contributed by atoms with E-state index in [4.69, 9.17) is 4.74 Å². The van der Waals surface area contributed by atoms with E-state index >= 15 is 0 Å². The lowest BCUT2D eigenvalue weighted by Gasteiger charge is -2.29. The van der Waals surface area contributed by atoms with Crippen molar-refractivity contribution in [3.63, 3.8) is 0 Å². The molecule has 1 aromatic carbocycles. The summed E-state index contributed by atoms with van der Waals surface area (Å²) in [6.45, 7) is 12.3. The van der Waals surface area contributed by atoms with Crippen LogP contribution in [0.25, 0.3) is 0 Å². The molecule has 0 aromatic heterocycles. The average molecular weight is 293 g/mol. The minimum absolute atomic E-state index is 0.162. The highest BCUT2D eigenvalue weighted by Crippen LogP contribution is 2.23. The molecule has 0 amide bonds. The fourth-order valence-corrected chi connectivity index (χ4v) is 2.45. The quantitative estimate of drug-likeness (QED) is 0.685. The third kappa shape index (κ3) is 5.68. The van der Waals surface area contributed by atoms with E-state index in [-0.39, 0.29) is 12.1 Å². The minimum Gasteiger partial charge on any atom is -0.493 e. The summed E-state index contributed by atoms with van der Waals surface area (Å²) >= 11 is 0. The van der Waals surface area contributed by atoms with Crippen molar-refractivity contribution in [2.24, 2.45) is 0 Å². The molecule has 2 N–H and O–H groups in total. The van der Waals surface area contributed by atoms with Crippen LogP contribution in [0.15, 0.2) is 12.1 Å². The van der Waals surface area contributed by atoms with Gasteiger partial charge in [-0.2, -0.15) is 0 Å². The Morgan fingerprint density at radius 3 is 2.57 bits per heavy atom. The van der Waals surface area contributed by atoms with Crippen molar-refractivity contribution in [1.82, 2.24) is 5.32 Å². The fourth-order valence-electron chi connectivity index (χ4n) is 2.45. The lowest BCUT2D eigenvalue weighted by molar-refractivity contribution is 0.156. The molecule has 1 atom stereocenters. The molecule has 0 aliphatic carbocycles. The lowest BCUT2D eigenvalue weighted by Crippen LogP contribution is -2.46. The highest BCUT2D eigenvalue weighted by atomic mass is 16.5. The second-order valence-electron chi connectivity index (χ2n) is 6.30. The number of ether oxygens (including phenoxy) is 1. The Bertz CT molecular complexity index is 445. The second-order valence-corrected chi connectivity index (χ2v) is 6.30. The summed E-state index contributed by atoms with van der Waals surface area (Å²) in [5, 5.41) is 13.0. The fraction of sp³-hybridized carbons (Fsp3) is 0.667. The summed E-state index contributed by atoms with van der Waals surface area (Å²) in [7, 11) is 0. The Kier molecular flexibility index (Phi) is 7.20. The molecule has 3 heteroatoms. The van der Waals surface area contributed by atoms with Crippen LogP contribution in [-0.2, 0) is 0 Å². The van der Waals surface area contributed by atoms with Crippen molar-refractivity contribution in [3.05, 3.63) is 28.8 Å². The molecule has 0 fully saturated rings. The number of hydrogen-bond acceptors (Lipinski definition) is 3. The minimum atomic E-state index is -0.197. The van der Waals surface area contributed by atoms with Crippen LogP contribution in [0.1, 0.15) is 49.8 Å². The molecule has 3 nitrogen and oxygen atoms in total.